The highest BCUT2D eigenvalue weighted by molar-refractivity contribution is 7.89. The van der Waals surface area contributed by atoms with Gasteiger partial charge in [-0.15, -0.1) is 0 Å². The summed E-state index contributed by atoms with van der Waals surface area (Å²) in [5.41, 5.74) is 1.29. The van der Waals surface area contributed by atoms with Crippen LogP contribution in [0.25, 0.3) is 0 Å². The Morgan fingerprint density at radius 3 is 2.35 bits per heavy atom. The maximum atomic E-state index is 12.5. The Hall–Kier alpha value is -0.910. The van der Waals surface area contributed by atoms with E-state index in [1.807, 2.05) is 6.92 Å². The van der Waals surface area contributed by atoms with Crippen LogP contribution in [0.5, 0.6) is 0 Å². The Labute approximate surface area is 122 Å². The first-order valence-corrected chi connectivity index (χ1v) is 8.56. The van der Waals surface area contributed by atoms with Crippen molar-refractivity contribution in [3.63, 3.8) is 0 Å². The minimum absolute atomic E-state index is 0.104. The molecule has 0 spiro atoms. The van der Waals surface area contributed by atoms with Crippen molar-refractivity contribution in [2.24, 2.45) is 5.92 Å². The SMILES string of the molecule is CCC(CC)C(C)NS(=O)(=O)c1cc(CO)ccc1C. The zero-order chi connectivity index (χ0) is 15.3. The van der Waals surface area contributed by atoms with Gasteiger partial charge in [-0.3, -0.25) is 0 Å². The van der Waals surface area contributed by atoms with Crippen LogP contribution >= 0.6 is 0 Å². The minimum Gasteiger partial charge on any atom is -0.392 e. The first-order valence-electron chi connectivity index (χ1n) is 7.08. The van der Waals surface area contributed by atoms with Gasteiger partial charge in [0.1, 0.15) is 0 Å². The quantitative estimate of drug-likeness (QED) is 0.813. The van der Waals surface area contributed by atoms with E-state index in [1.54, 1.807) is 19.1 Å². The molecule has 0 fully saturated rings. The molecule has 0 saturated carbocycles. The molecule has 1 unspecified atom stereocenters. The molecule has 114 valence electrons. The fourth-order valence-corrected chi connectivity index (χ4v) is 4.04. The molecular weight excluding hydrogens is 274 g/mol. The van der Waals surface area contributed by atoms with E-state index in [9.17, 15) is 8.42 Å². The molecule has 0 heterocycles. The third-order valence-electron chi connectivity index (χ3n) is 3.82. The van der Waals surface area contributed by atoms with Gasteiger partial charge in [-0.1, -0.05) is 38.8 Å². The van der Waals surface area contributed by atoms with Crippen molar-refractivity contribution in [1.29, 1.82) is 0 Å². The van der Waals surface area contributed by atoms with Gasteiger partial charge in [0.05, 0.1) is 11.5 Å². The van der Waals surface area contributed by atoms with Gasteiger partial charge in [0.25, 0.3) is 0 Å². The van der Waals surface area contributed by atoms with E-state index in [0.29, 0.717) is 17.0 Å². The Morgan fingerprint density at radius 2 is 1.85 bits per heavy atom. The Bertz CT molecular complexity index is 536. The van der Waals surface area contributed by atoms with Gasteiger partial charge >= 0.3 is 0 Å². The fourth-order valence-electron chi connectivity index (χ4n) is 2.43. The van der Waals surface area contributed by atoms with E-state index < -0.39 is 10.0 Å². The summed E-state index contributed by atoms with van der Waals surface area (Å²) in [4.78, 5) is 0.252. The average Bonchev–Trinajstić information content (AvgIpc) is 2.39. The topological polar surface area (TPSA) is 66.4 Å². The molecule has 1 rings (SSSR count). The lowest BCUT2D eigenvalue weighted by Gasteiger charge is -2.23. The van der Waals surface area contributed by atoms with Crippen molar-refractivity contribution in [1.82, 2.24) is 4.72 Å². The molecule has 0 aliphatic rings. The normalized spacial score (nSPS) is 13.7. The third kappa shape index (κ3) is 4.04. The first-order chi connectivity index (χ1) is 9.35. The maximum absolute atomic E-state index is 12.5. The van der Waals surface area contributed by atoms with Crippen molar-refractivity contribution >= 4 is 10.0 Å². The molecule has 0 amide bonds. The van der Waals surface area contributed by atoms with Crippen LogP contribution in [-0.2, 0) is 16.6 Å². The molecule has 0 aliphatic heterocycles. The standard InChI is InChI=1S/C15H25NO3S/c1-5-14(6-2)12(4)16-20(18,19)15-9-13(10-17)8-7-11(15)3/h7-9,12,14,16-17H,5-6,10H2,1-4H3. The van der Waals surface area contributed by atoms with E-state index in [4.69, 9.17) is 5.11 Å². The number of benzene rings is 1. The molecule has 0 saturated heterocycles. The summed E-state index contributed by atoms with van der Waals surface area (Å²) in [5, 5.41) is 9.15. The van der Waals surface area contributed by atoms with Gasteiger partial charge in [0.15, 0.2) is 0 Å². The highest BCUT2D eigenvalue weighted by Crippen LogP contribution is 2.20. The molecule has 1 aromatic carbocycles. The van der Waals surface area contributed by atoms with E-state index in [1.165, 1.54) is 6.07 Å². The second kappa shape index (κ2) is 7.20. The van der Waals surface area contributed by atoms with Gasteiger partial charge in [-0.05, 0) is 37.0 Å². The second-order valence-corrected chi connectivity index (χ2v) is 6.93. The van der Waals surface area contributed by atoms with Crippen molar-refractivity contribution in [2.75, 3.05) is 0 Å². The van der Waals surface area contributed by atoms with Crippen LogP contribution in [0, 0.1) is 12.8 Å². The molecular formula is C15H25NO3S. The summed E-state index contributed by atoms with van der Waals surface area (Å²) in [6, 6.07) is 4.89. The number of nitrogens with one attached hydrogen (secondary N) is 1. The summed E-state index contributed by atoms with van der Waals surface area (Å²) in [6.07, 6.45) is 1.88. The molecule has 5 heteroatoms. The lowest BCUT2D eigenvalue weighted by atomic mass is 9.96. The molecule has 0 bridgehead atoms. The Balaban J connectivity index is 3.05. The largest absolute Gasteiger partial charge is 0.392 e. The van der Waals surface area contributed by atoms with E-state index in [0.717, 1.165) is 12.8 Å². The molecule has 1 aromatic rings. The molecule has 1 atom stereocenters. The number of aryl methyl sites for hydroxylation is 1. The van der Waals surface area contributed by atoms with Crippen molar-refractivity contribution in [3.8, 4) is 0 Å². The maximum Gasteiger partial charge on any atom is 0.241 e. The monoisotopic (exact) mass is 299 g/mol. The second-order valence-electron chi connectivity index (χ2n) is 5.24. The third-order valence-corrected chi connectivity index (χ3v) is 5.52. The van der Waals surface area contributed by atoms with Crippen LogP contribution in [-0.4, -0.2) is 19.6 Å². The van der Waals surface area contributed by atoms with Crippen LogP contribution in [0.15, 0.2) is 23.1 Å². The van der Waals surface area contributed by atoms with Crippen LogP contribution in [0.1, 0.15) is 44.7 Å². The lowest BCUT2D eigenvalue weighted by Crippen LogP contribution is -2.38. The molecule has 0 radical (unpaired) electrons. The number of aliphatic hydroxyl groups is 1. The van der Waals surface area contributed by atoms with E-state index in [-0.39, 0.29) is 17.5 Å². The molecule has 0 aliphatic carbocycles. The summed E-state index contributed by atoms with van der Waals surface area (Å²) in [6.45, 7) is 7.63. The van der Waals surface area contributed by atoms with Crippen molar-refractivity contribution < 1.29 is 13.5 Å². The predicted molar refractivity (Wildman–Crippen MR) is 81.0 cm³/mol. The number of hydrogen-bond acceptors (Lipinski definition) is 3. The number of aliphatic hydroxyl groups excluding tert-OH is 1. The van der Waals surface area contributed by atoms with Crippen LogP contribution in [0.3, 0.4) is 0 Å². The fraction of sp³-hybridized carbons (Fsp3) is 0.600. The lowest BCUT2D eigenvalue weighted by molar-refractivity contribution is 0.281. The highest BCUT2D eigenvalue weighted by atomic mass is 32.2. The summed E-state index contributed by atoms with van der Waals surface area (Å²) in [7, 11) is -3.55. The summed E-state index contributed by atoms with van der Waals surface area (Å²) >= 11 is 0. The predicted octanol–water partition coefficient (Wildman–Crippen LogP) is 2.59. The van der Waals surface area contributed by atoms with Crippen LogP contribution < -0.4 is 4.72 Å². The highest BCUT2D eigenvalue weighted by Gasteiger charge is 2.23. The molecule has 0 aromatic heterocycles. The molecule has 20 heavy (non-hydrogen) atoms. The van der Waals surface area contributed by atoms with Gasteiger partial charge in [-0.25, -0.2) is 13.1 Å². The smallest absolute Gasteiger partial charge is 0.241 e. The van der Waals surface area contributed by atoms with E-state index in [2.05, 4.69) is 18.6 Å². The number of sulfonamides is 1. The average molecular weight is 299 g/mol. The number of rotatable bonds is 7. The molecule has 4 nitrogen and oxygen atoms in total. The first kappa shape index (κ1) is 17.1. The van der Waals surface area contributed by atoms with E-state index >= 15 is 0 Å². The summed E-state index contributed by atoms with van der Waals surface area (Å²) in [5.74, 6) is 0.325. The van der Waals surface area contributed by atoms with Gasteiger partial charge in [0, 0.05) is 6.04 Å². The Kier molecular flexibility index (Phi) is 6.17. The minimum atomic E-state index is -3.55. The van der Waals surface area contributed by atoms with Gasteiger partial charge in [-0.2, -0.15) is 0 Å². The zero-order valence-corrected chi connectivity index (χ0v) is 13.5. The molecule has 2 N–H and O–H groups in total. The van der Waals surface area contributed by atoms with Crippen molar-refractivity contribution in [2.45, 2.75) is 58.1 Å². The zero-order valence-electron chi connectivity index (χ0n) is 12.7. The summed E-state index contributed by atoms with van der Waals surface area (Å²) < 4.78 is 27.7. The van der Waals surface area contributed by atoms with Gasteiger partial charge in [0.2, 0.25) is 10.0 Å². The van der Waals surface area contributed by atoms with Gasteiger partial charge < -0.3 is 5.11 Å². The van der Waals surface area contributed by atoms with Crippen molar-refractivity contribution in [3.05, 3.63) is 29.3 Å². The number of hydrogen-bond donors (Lipinski definition) is 2. The van der Waals surface area contributed by atoms with Crippen LogP contribution in [0.2, 0.25) is 0 Å². The van der Waals surface area contributed by atoms with Crippen LogP contribution in [0.4, 0.5) is 0 Å². The Morgan fingerprint density at radius 1 is 1.25 bits per heavy atom.